The molecule has 1 aromatic carbocycles. The Kier molecular flexibility index (Phi) is 11.1. The number of likely N-dealkylation sites (tertiary alicyclic amines) is 2. The molecule has 9 heteroatoms. The Labute approximate surface area is 257 Å². The van der Waals surface area contributed by atoms with E-state index in [4.69, 9.17) is 10.1 Å². The van der Waals surface area contributed by atoms with Gasteiger partial charge in [-0.1, -0.05) is 38.1 Å². The second-order valence-corrected chi connectivity index (χ2v) is 13.3. The van der Waals surface area contributed by atoms with Crippen molar-refractivity contribution in [3.63, 3.8) is 0 Å². The monoisotopic (exact) mass is 589 g/mol. The van der Waals surface area contributed by atoms with Gasteiger partial charge in [-0.25, -0.2) is 9.97 Å². The number of aromatic nitrogens is 4. The van der Waals surface area contributed by atoms with Crippen molar-refractivity contribution in [1.82, 2.24) is 34.6 Å². The molecule has 2 aliphatic rings. The number of nitrogens with one attached hydrogen (secondary N) is 2. The Hall–Kier alpha value is -3.01. The van der Waals surface area contributed by atoms with Crippen LogP contribution in [0.15, 0.2) is 49.1 Å². The first-order valence-electron chi connectivity index (χ1n) is 16.3. The maximum atomic E-state index is 10.8. The van der Waals surface area contributed by atoms with E-state index in [0.29, 0.717) is 11.8 Å². The van der Waals surface area contributed by atoms with Gasteiger partial charge in [0, 0.05) is 63.8 Å². The van der Waals surface area contributed by atoms with Crippen molar-refractivity contribution >= 4 is 5.97 Å². The second-order valence-electron chi connectivity index (χ2n) is 13.3. The van der Waals surface area contributed by atoms with E-state index in [9.17, 15) is 4.79 Å². The molecule has 234 valence electrons. The van der Waals surface area contributed by atoms with Gasteiger partial charge < -0.3 is 29.8 Å². The Bertz CT molecular complexity index is 1250. The Morgan fingerprint density at radius 2 is 1.74 bits per heavy atom. The van der Waals surface area contributed by atoms with E-state index in [2.05, 4.69) is 74.0 Å². The van der Waals surface area contributed by atoms with Crippen LogP contribution >= 0.6 is 0 Å². The van der Waals surface area contributed by atoms with Gasteiger partial charge in [0.25, 0.3) is 0 Å². The van der Waals surface area contributed by atoms with E-state index < -0.39 is 5.97 Å². The van der Waals surface area contributed by atoms with Crippen LogP contribution in [0, 0.1) is 11.3 Å². The van der Waals surface area contributed by atoms with Crippen LogP contribution in [0.4, 0.5) is 0 Å². The summed E-state index contributed by atoms with van der Waals surface area (Å²) in [6, 6.07) is 8.52. The van der Waals surface area contributed by atoms with Crippen molar-refractivity contribution in [3.8, 4) is 0 Å². The summed E-state index contributed by atoms with van der Waals surface area (Å²) in [5, 5.41) is 12.6. The molecule has 0 saturated carbocycles. The predicted molar refractivity (Wildman–Crippen MR) is 170 cm³/mol. The summed E-state index contributed by atoms with van der Waals surface area (Å²) in [6.45, 7) is 13.8. The maximum Gasteiger partial charge on any atom is 0.303 e. The number of carbonyl (C=O) groups is 1. The van der Waals surface area contributed by atoms with Crippen LogP contribution in [0.2, 0.25) is 0 Å². The average Bonchev–Trinajstić information content (AvgIpc) is 3.75. The summed E-state index contributed by atoms with van der Waals surface area (Å²) in [7, 11) is 0. The van der Waals surface area contributed by atoms with E-state index in [1.807, 2.05) is 12.4 Å². The highest BCUT2D eigenvalue weighted by Crippen LogP contribution is 2.40. The van der Waals surface area contributed by atoms with E-state index in [1.165, 1.54) is 63.1 Å². The van der Waals surface area contributed by atoms with Crippen molar-refractivity contribution in [2.45, 2.75) is 84.3 Å². The lowest BCUT2D eigenvalue weighted by molar-refractivity contribution is -0.137. The molecule has 1 unspecified atom stereocenters. The lowest BCUT2D eigenvalue weighted by Gasteiger charge is -2.40. The molecular formula is C34H51N7O2. The Morgan fingerprint density at radius 1 is 1.00 bits per heavy atom. The smallest absolute Gasteiger partial charge is 0.303 e. The molecule has 2 saturated heterocycles. The highest BCUT2D eigenvalue weighted by Gasteiger charge is 2.40. The van der Waals surface area contributed by atoms with Crippen LogP contribution in [-0.2, 0) is 30.7 Å². The normalized spacial score (nSPS) is 18.1. The van der Waals surface area contributed by atoms with Crippen LogP contribution in [0.3, 0.4) is 0 Å². The zero-order valence-corrected chi connectivity index (χ0v) is 26.2. The molecular weight excluding hydrogens is 538 g/mol. The van der Waals surface area contributed by atoms with Gasteiger partial charge in [-0.2, -0.15) is 0 Å². The van der Waals surface area contributed by atoms with Gasteiger partial charge in [-0.3, -0.25) is 4.79 Å². The van der Waals surface area contributed by atoms with Gasteiger partial charge in [0.2, 0.25) is 0 Å². The predicted octanol–water partition coefficient (Wildman–Crippen LogP) is 4.92. The second kappa shape index (κ2) is 15.1. The van der Waals surface area contributed by atoms with E-state index in [0.717, 1.165) is 56.5 Å². The average molecular weight is 590 g/mol. The van der Waals surface area contributed by atoms with Gasteiger partial charge in [0.05, 0.1) is 6.04 Å². The number of carboxylic acid groups (broad SMARTS) is 1. The van der Waals surface area contributed by atoms with Gasteiger partial charge in [0.15, 0.2) is 0 Å². The molecule has 1 atom stereocenters. The Morgan fingerprint density at radius 3 is 2.44 bits per heavy atom. The Balaban J connectivity index is 1.13. The van der Waals surface area contributed by atoms with Crippen molar-refractivity contribution in [2.24, 2.45) is 11.3 Å². The number of H-pyrrole nitrogens is 1. The van der Waals surface area contributed by atoms with Crippen LogP contribution in [-0.4, -0.2) is 79.7 Å². The minimum Gasteiger partial charge on any atom is -0.481 e. The van der Waals surface area contributed by atoms with Crippen LogP contribution in [0.25, 0.3) is 0 Å². The summed E-state index contributed by atoms with van der Waals surface area (Å²) < 4.78 is 2.32. The molecule has 5 rings (SSSR count). The molecule has 0 amide bonds. The van der Waals surface area contributed by atoms with Gasteiger partial charge in [-0.15, -0.1) is 0 Å². The molecule has 2 fully saturated rings. The summed E-state index contributed by atoms with van der Waals surface area (Å²) in [4.78, 5) is 28.8. The van der Waals surface area contributed by atoms with Crippen LogP contribution in [0.1, 0.15) is 81.2 Å². The number of benzene rings is 1. The third-order valence-electron chi connectivity index (χ3n) is 9.37. The largest absolute Gasteiger partial charge is 0.481 e. The summed E-state index contributed by atoms with van der Waals surface area (Å²) >= 11 is 0. The maximum absolute atomic E-state index is 10.8. The number of rotatable bonds is 16. The molecule has 0 radical (unpaired) electrons. The van der Waals surface area contributed by atoms with Gasteiger partial charge in [0.1, 0.15) is 11.6 Å². The topological polar surface area (TPSA) is 102 Å². The van der Waals surface area contributed by atoms with Crippen LogP contribution < -0.4 is 5.32 Å². The third kappa shape index (κ3) is 9.24. The summed E-state index contributed by atoms with van der Waals surface area (Å²) in [5.74, 6) is 2.02. The fourth-order valence-electron chi connectivity index (χ4n) is 7.00. The lowest BCUT2D eigenvalue weighted by Crippen LogP contribution is -2.42. The first kappa shape index (κ1) is 31.4. The first-order chi connectivity index (χ1) is 20.9. The van der Waals surface area contributed by atoms with E-state index in [1.54, 1.807) is 6.20 Å². The molecule has 43 heavy (non-hydrogen) atoms. The molecule has 0 bridgehead atoms. The summed E-state index contributed by atoms with van der Waals surface area (Å²) in [5.41, 5.74) is 2.92. The first-order valence-corrected chi connectivity index (χ1v) is 16.3. The zero-order chi connectivity index (χ0) is 30.1. The standard InChI is InChI=1S/C34H51N7O2/c1-27(2)25-39-19-11-34(12-20-39)13-21-40(26-34)17-4-18-41-22-16-37-33(41)30(23-31-35-14-15-36-31)38-24-29-9-7-28(8-10-29)5-3-6-32(42)43/h7-10,14-16,22,27,30,38H,3-6,11-13,17-21,23-26H2,1-2H3,(H,35,36)(H,42,43). The molecule has 3 aromatic rings. The van der Waals surface area contributed by atoms with Crippen molar-refractivity contribution < 1.29 is 9.90 Å². The number of piperidine rings is 1. The number of aryl methyl sites for hydroxylation is 2. The fraction of sp³-hybridized carbons (Fsp3) is 0.618. The SMILES string of the molecule is CC(C)CN1CCC2(CC1)CCN(CCCn1ccnc1C(Cc1ncc[nH]1)NCc1ccc(CCCC(=O)O)cc1)C2. The van der Waals surface area contributed by atoms with Crippen LogP contribution in [0.5, 0.6) is 0 Å². The minimum atomic E-state index is -0.737. The van der Waals surface area contributed by atoms with Crippen molar-refractivity contribution in [2.75, 3.05) is 39.3 Å². The zero-order valence-electron chi connectivity index (χ0n) is 26.2. The molecule has 9 nitrogen and oxygen atoms in total. The summed E-state index contributed by atoms with van der Waals surface area (Å²) in [6.07, 6.45) is 15.3. The lowest BCUT2D eigenvalue weighted by atomic mass is 9.77. The van der Waals surface area contributed by atoms with Crippen molar-refractivity contribution in [1.29, 1.82) is 0 Å². The molecule has 4 heterocycles. The molecule has 2 aromatic heterocycles. The van der Waals surface area contributed by atoms with E-state index in [-0.39, 0.29) is 12.5 Å². The number of hydrogen-bond acceptors (Lipinski definition) is 6. The highest BCUT2D eigenvalue weighted by molar-refractivity contribution is 5.66. The number of carboxylic acids is 1. The number of hydrogen-bond donors (Lipinski definition) is 3. The fourth-order valence-corrected chi connectivity index (χ4v) is 7.00. The molecule has 0 aliphatic carbocycles. The minimum absolute atomic E-state index is 0.0301. The quantitative estimate of drug-likeness (QED) is 0.218. The number of nitrogens with zero attached hydrogens (tertiary/aromatic N) is 5. The third-order valence-corrected chi connectivity index (χ3v) is 9.37. The highest BCUT2D eigenvalue weighted by atomic mass is 16.4. The van der Waals surface area contributed by atoms with E-state index >= 15 is 0 Å². The van der Waals surface area contributed by atoms with Gasteiger partial charge in [-0.05, 0) is 87.2 Å². The molecule has 2 aliphatic heterocycles. The molecule has 1 spiro atoms. The van der Waals surface area contributed by atoms with Gasteiger partial charge >= 0.3 is 5.97 Å². The number of aliphatic carboxylic acids is 1. The number of aromatic amines is 1. The molecule has 3 N–H and O–H groups in total. The van der Waals surface area contributed by atoms with Crippen molar-refractivity contribution in [3.05, 3.63) is 71.8 Å². The number of imidazole rings is 2.